The second-order valence-corrected chi connectivity index (χ2v) is 3.05. The van der Waals surface area contributed by atoms with E-state index < -0.39 is 0 Å². The quantitative estimate of drug-likeness (QED) is 0.730. The van der Waals surface area contributed by atoms with Gasteiger partial charge < -0.3 is 0 Å². The summed E-state index contributed by atoms with van der Waals surface area (Å²) in [6, 6.07) is 8.86. The van der Waals surface area contributed by atoms with Gasteiger partial charge in [-0.05, 0) is 43.3 Å². The zero-order valence-electron chi connectivity index (χ0n) is 8.10. The monoisotopic (exact) mass is 201 g/mol. The van der Waals surface area contributed by atoms with Crippen molar-refractivity contribution in [3.8, 4) is 5.69 Å². The molecule has 1 radical (unpaired) electrons. The average molecular weight is 201 g/mol. The van der Waals surface area contributed by atoms with Crippen molar-refractivity contribution in [2.45, 2.75) is 0 Å². The summed E-state index contributed by atoms with van der Waals surface area (Å²) < 4.78 is 14.8. The normalized spacial score (nSPS) is 11.7. The Balaban J connectivity index is 2.33. The molecule has 1 heterocycles. The van der Waals surface area contributed by atoms with E-state index in [0.717, 1.165) is 5.69 Å². The Labute approximate surface area is 87.7 Å². The van der Waals surface area contributed by atoms with E-state index in [1.165, 1.54) is 6.08 Å². The van der Waals surface area contributed by atoms with Gasteiger partial charge >= 0.3 is 0 Å². The average Bonchev–Trinajstić information content (AvgIpc) is 2.82. The van der Waals surface area contributed by atoms with Crippen molar-refractivity contribution in [1.29, 1.82) is 0 Å². The van der Waals surface area contributed by atoms with Gasteiger partial charge in [-0.1, -0.05) is 0 Å². The Morgan fingerprint density at radius 3 is 2.60 bits per heavy atom. The largest absolute Gasteiger partial charge is 0.241 e. The number of rotatable bonds is 2. The maximum atomic E-state index is 13.1. The molecule has 0 atom stereocenters. The lowest BCUT2D eigenvalue weighted by Gasteiger charge is -2.02. The first kappa shape index (κ1) is 9.65. The molecule has 2 aromatic rings. The van der Waals surface area contributed by atoms with Gasteiger partial charge in [0.15, 0.2) is 0 Å². The van der Waals surface area contributed by atoms with Crippen LogP contribution in [0.2, 0.25) is 0 Å². The van der Waals surface area contributed by atoms with Gasteiger partial charge in [0.2, 0.25) is 0 Å². The third kappa shape index (κ3) is 1.96. The first-order chi connectivity index (χ1) is 7.31. The highest BCUT2D eigenvalue weighted by molar-refractivity contribution is 5.60. The lowest BCUT2D eigenvalue weighted by atomic mass is 10.2. The molecule has 0 amide bonds. The molecule has 1 aromatic carbocycles. The molecule has 15 heavy (non-hydrogen) atoms. The minimum Gasteiger partial charge on any atom is -0.241 e. The van der Waals surface area contributed by atoms with Crippen LogP contribution in [-0.2, 0) is 0 Å². The van der Waals surface area contributed by atoms with Crippen molar-refractivity contribution in [3.63, 3.8) is 0 Å². The molecule has 0 aliphatic carbocycles. The van der Waals surface area contributed by atoms with Crippen LogP contribution < -0.4 is 0 Å². The zero-order chi connectivity index (χ0) is 10.7. The van der Waals surface area contributed by atoms with E-state index >= 15 is 0 Å². The van der Waals surface area contributed by atoms with Crippen molar-refractivity contribution in [1.82, 2.24) is 9.78 Å². The molecule has 0 N–H and O–H groups in total. The second kappa shape index (κ2) is 4.09. The Kier molecular flexibility index (Phi) is 2.63. The van der Waals surface area contributed by atoms with Crippen LogP contribution in [0.15, 0.2) is 48.8 Å². The van der Waals surface area contributed by atoms with Gasteiger partial charge in [0.1, 0.15) is 5.83 Å². The van der Waals surface area contributed by atoms with Crippen LogP contribution in [0, 0.1) is 6.92 Å². The first-order valence-corrected chi connectivity index (χ1v) is 4.56. The van der Waals surface area contributed by atoms with Gasteiger partial charge in [0.05, 0.1) is 5.69 Å². The molecule has 0 saturated heterocycles. The van der Waals surface area contributed by atoms with E-state index in [1.54, 1.807) is 23.0 Å². The summed E-state index contributed by atoms with van der Waals surface area (Å²) in [5, 5.41) is 4.08. The van der Waals surface area contributed by atoms with Crippen LogP contribution >= 0.6 is 0 Å². The summed E-state index contributed by atoms with van der Waals surface area (Å²) in [6.45, 7) is 3.38. The maximum absolute atomic E-state index is 13.1. The summed E-state index contributed by atoms with van der Waals surface area (Å²) >= 11 is 0. The number of hydrogen-bond donors (Lipinski definition) is 0. The fourth-order valence-electron chi connectivity index (χ4n) is 1.31. The smallest absolute Gasteiger partial charge is 0.126 e. The van der Waals surface area contributed by atoms with Gasteiger partial charge in [-0.3, -0.25) is 0 Å². The summed E-state index contributed by atoms with van der Waals surface area (Å²) in [5.41, 5.74) is 1.43. The molecule has 3 heteroatoms. The van der Waals surface area contributed by atoms with E-state index in [-0.39, 0.29) is 5.83 Å². The van der Waals surface area contributed by atoms with Gasteiger partial charge in [0.25, 0.3) is 0 Å². The van der Waals surface area contributed by atoms with Gasteiger partial charge in [-0.15, -0.1) is 0 Å². The summed E-state index contributed by atoms with van der Waals surface area (Å²) in [7, 11) is 0. The van der Waals surface area contributed by atoms with Gasteiger partial charge in [-0.25, -0.2) is 9.07 Å². The molecule has 0 bridgehead atoms. The van der Waals surface area contributed by atoms with Gasteiger partial charge in [0, 0.05) is 18.0 Å². The molecule has 0 saturated carbocycles. The molecule has 0 unspecified atom stereocenters. The molecule has 1 aromatic heterocycles. The molecular formula is C12H10FN2. The molecule has 0 fully saturated rings. The fourth-order valence-corrected chi connectivity index (χ4v) is 1.31. The van der Waals surface area contributed by atoms with Crippen LogP contribution in [0.3, 0.4) is 0 Å². The Bertz CT molecular complexity index is 455. The number of aromatic nitrogens is 2. The van der Waals surface area contributed by atoms with Crippen molar-refractivity contribution < 1.29 is 4.39 Å². The molecular weight excluding hydrogens is 191 g/mol. The lowest BCUT2D eigenvalue weighted by molar-refractivity contribution is 0.760. The van der Waals surface area contributed by atoms with E-state index in [1.807, 2.05) is 24.4 Å². The second-order valence-electron chi connectivity index (χ2n) is 3.05. The maximum Gasteiger partial charge on any atom is 0.126 e. The van der Waals surface area contributed by atoms with Crippen LogP contribution in [0.1, 0.15) is 5.56 Å². The predicted octanol–water partition coefficient (Wildman–Crippen LogP) is 3.02. The van der Waals surface area contributed by atoms with Crippen LogP contribution in [0.5, 0.6) is 0 Å². The van der Waals surface area contributed by atoms with Crippen molar-refractivity contribution in [3.05, 3.63) is 61.3 Å². The first-order valence-electron chi connectivity index (χ1n) is 4.56. The molecule has 2 nitrogen and oxygen atoms in total. The van der Waals surface area contributed by atoms with Crippen LogP contribution in [0.25, 0.3) is 11.5 Å². The minimum absolute atomic E-state index is 0.318. The number of allylic oxidation sites excluding steroid dienone is 1. The van der Waals surface area contributed by atoms with E-state index in [0.29, 0.717) is 5.56 Å². The van der Waals surface area contributed by atoms with Crippen molar-refractivity contribution in [2.24, 2.45) is 0 Å². The highest BCUT2D eigenvalue weighted by Crippen LogP contribution is 2.17. The SMILES string of the molecule is [CH2]/C=C(\F)c1ccc(-n2cccn2)cc1. The van der Waals surface area contributed by atoms with Crippen LogP contribution in [0.4, 0.5) is 4.39 Å². The Hall–Kier alpha value is -1.90. The van der Waals surface area contributed by atoms with E-state index in [9.17, 15) is 4.39 Å². The topological polar surface area (TPSA) is 17.8 Å². The highest BCUT2D eigenvalue weighted by Gasteiger charge is 1.99. The summed E-state index contributed by atoms with van der Waals surface area (Å²) in [4.78, 5) is 0. The Morgan fingerprint density at radius 1 is 1.33 bits per heavy atom. The summed E-state index contributed by atoms with van der Waals surface area (Å²) in [6.07, 6.45) is 4.73. The van der Waals surface area contributed by atoms with Crippen molar-refractivity contribution in [2.75, 3.05) is 0 Å². The summed E-state index contributed by atoms with van der Waals surface area (Å²) in [5.74, 6) is -0.318. The molecule has 2 rings (SSSR count). The third-order valence-corrected chi connectivity index (χ3v) is 2.09. The molecule has 0 spiro atoms. The number of hydrogen-bond acceptors (Lipinski definition) is 1. The lowest BCUT2D eigenvalue weighted by Crippen LogP contribution is -1.93. The Morgan fingerprint density at radius 2 is 2.07 bits per heavy atom. The standard InChI is InChI=1S/C12H10FN2/c1-2-12(13)10-4-6-11(7-5-10)15-9-3-8-14-15/h2-9H,1H2/b12-2-. The highest BCUT2D eigenvalue weighted by atomic mass is 19.1. The molecule has 75 valence electrons. The zero-order valence-corrected chi connectivity index (χ0v) is 8.10. The fraction of sp³-hybridized carbons (Fsp3) is 0. The molecule has 0 aliphatic rings. The van der Waals surface area contributed by atoms with E-state index in [2.05, 4.69) is 12.0 Å². The van der Waals surface area contributed by atoms with Crippen LogP contribution in [-0.4, -0.2) is 9.78 Å². The third-order valence-electron chi connectivity index (χ3n) is 2.09. The number of nitrogens with zero attached hydrogens (tertiary/aromatic N) is 2. The minimum atomic E-state index is -0.318. The number of halogens is 1. The predicted molar refractivity (Wildman–Crippen MR) is 58.0 cm³/mol. The molecule has 0 aliphatic heterocycles. The van der Waals surface area contributed by atoms with Gasteiger partial charge in [-0.2, -0.15) is 5.10 Å². The van der Waals surface area contributed by atoms with Crippen molar-refractivity contribution >= 4 is 5.83 Å². The van der Waals surface area contributed by atoms with E-state index in [4.69, 9.17) is 0 Å². The number of benzene rings is 1.